The monoisotopic (exact) mass is 255 g/mol. The predicted molar refractivity (Wildman–Crippen MR) is 73.5 cm³/mol. The fourth-order valence-electron chi connectivity index (χ4n) is 1.90. The first-order valence-corrected chi connectivity index (χ1v) is 6.76. The third kappa shape index (κ3) is 2.33. The van der Waals surface area contributed by atoms with Gasteiger partial charge in [-0.2, -0.15) is 0 Å². The molecule has 3 nitrogen and oxygen atoms in total. The van der Waals surface area contributed by atoms with Gasteiger partial charge in [0.2, 0.25) is 0 Å². The summed E-state index contributed by atoms with van der Waals surface area (Å²) >= 11 is 1.80. The molecule has 0 saturated carbocycles. The van der Waals surface area contributed by atoms with Crippen molar-refractivity contribution >= 4 is 11.3 Å². The summed E-state index contributed by atoms with van der Waals surface area (Å²) < 4.78 is 2.15. The molecule has 0 aliphatic carbocycles. The van der Waals surface area contributed by atoms with Crippen molar-refractivity contribution in [1.82, 2.24) is 14.5 Å². The lowest BCUT2D eigenvalue weighted by molar-refractivity contribution is 0.707. The van der Waals surface area contributed by atoms with Gasteiger partial charge in [-0.15, -0.1) is 11.3 Å². The Hall–Kier alpha value is -1.94. The quantitative estimate of drug-likeness (QED) is 0.716. The zero-order valence-electron chi connectivity index (χ0n) is 9.86. The molecule has 0 N–H and O–H groups in total. The molecule has 3 heterocycles. The highest BCUT2D eigenvalue weighted by Gasteiger charge is 2.06. The number of nitrogens with zero attached hydrogens (tertiary/aromatic N) is 3. The average Bonchev–Trinajstić information content (AvgIpc) is 3.09. The van der Waals surface area contributed by atoms with Crippen LogP contribution in [-0.2, 0) is 13.0 Å². The van der Waals surface area contributed by atoms with E-state index in [1.807, 2.05) is 30.6 Å². The molecule has 90 valence electrons. The molecule has 0 aliphatic rings. The summed E-state index contributed by atoms with van der Waals surface area (Å²) in [6, 6.07) is 10.2. The molecule has 0 saturated heterocycles. The number of pyridine rings is 1. The molecule has 0 spiro atoms. The van der Waals surface area contributed by atoms with Gasteiger partial charge < -0.3 is 4.57 Å². The molecule has 3 rings (SSSR count). The van der Waals surface area contributed by atoms with Gasteiger partial charge in [-0.3, -0.25) is 4.98 Å². The highest BCUT2D eigenvalue weighted by molar-refractivity contribution is 7.09. The van der Waals surface area contributed by atoms with Crippen LogP contribution in [0.3, 0.4) is 0 Å². The van der Waals surface area contributed by atoms with E-state index >= 15 is 0 Å². The first-order chi connectivity index (χ1) is 8.93. The maximum absolute atomic E-state index is 4.39. The average molecular weight is 255 g/mol. The summed E-state index contributed by atoms with van der Waals surface area (Å²) in [5, 5.41) is 2.11. The number of rotatable bonds is 4. The second-order valence-electron chi connectivity index (χ2n) is 3.99. The molecule has 0 unspecified atom stereocenters. The van der Waals surface area contributed by atoms with Crippen molar-refractivity contribution in [2.75, 3.05) is 0 Å². The second kappa shape index (κ2) is 5.14. The van der Waals surface area contributed by atoms with Crippen molar-refractivity contribution in [1.29, 1.82) is 0 Å². The number of aryl methyl sites for hydroxylation is 2. The standard InChI is InChI=1S/C14H13N3S/c1-2-7-15-13(5-1)14-16-8-10-17(14)9-6-12-4-3-11-18-12/h1-5,7-8,10-11H,6,9H2. The van der Waals surface area contributed by atoms with Crippen LogP contribution in [0.2, 0.25) is 0 Å². The predicted octanol–water partition coefficient (Wildman–Crippen LogP) is 3.25. The lowest BCUT2D eigenvalue weighted by Gasteiger charge is -2.06. The number of hydrogen-bond donors (Lipinski definition) is 0. The number of thiophene rings is 1. The van der Waals surface area contributed by atoms with Gasteiger partial charge >= 0.3 is 0 Å². The van der Waals surface area contributed by atoms with Gasteiger partial charge in [0.15, 0.2) is 5.82 Å². The summed E-state index contributed by atoms with van der Waals surface area (Å²) in [5.74, 6) is 0.937. The van der Waals surface area contributed by atoms with Crippen LogP contribution in [-0.4, -0.2) is 14.5 Å². The Morgan fingerprint density at radius 3 is 2.83 bits per heavy atom. The van der Waals surface area contributed by atoms with E-state index in [0.29, 0.717) is 0 Å². The lowest BCUT2D eigenvalue weighted by Crippen LogP contribution is -2.02. The van der Waals surface area contributed by atoms with E-state index < -0.39 is 0 Å². The zero-order valence-corrected chi connectivity index (χ0v) is 10.7. The molecule has 0 radical (unpaired) electrons. The second-order valence-corrected chi connectivity index (χ2v) is 5.02. The highest BCUT2D eigenvalue weighted by Crippen LogP contribution is 2.16. The van der Waals surface area contributed by atoms with Crippen molar-refractivity contribution in [2.24, 2.45) is 0 Å². The van der Waals surface area contributed by atoms with Gasteiger partial charge in [0, 0.05) is 30.0 Å². The van der Waals surface area contributed by atoms with Crippen molar-refractivity contribution < 1.29 is 0 Å². The molecular formula is C14H13N3S. The van der Waals surface area contributed by atoms with Gasteiger partial charge in [0.05, 0.1) is 0 Å². The van der Waals surface area contributed by atoms with Gasteiger partial charge in [-0.1, -0.05) is 12.1 Å². The van der Waals surface area contributed by atoms with Crippen molar-refractivity contribution in [3.05, 3.63) is 59.2 Å². The maximum Gasteiger partial charge on any atom is 0.158 e. The summed E-state index contributed by atoms with van der Waals surface area (Å²) in [7, 11) is 0. The molecule has 0 atom stereocenters. The van der Waals surface area contributed by atoms with Crippen molar-refractivity contribution in [3.8, 4) is 11.5 Å². The van der Waals surface area contributed by atoms with E-state index in [2.05, 4.69) is 32.0 Å². The summed E-state index contributed by atoms with van der Waals surface area (Å²) in [5.41, 5.74) is 0.925. The summed E-state index contributed by atoms with van der Waals surface area (Å²) in [4.78, 5) is 10.1. The minimum absolute atomic E-state index is 0.925. The minimum atomic E-state index is 0.925. The highest BCUT2D eigenvalue weighted by atomic mass is 32.1. The molecule has 3 aromatic heterocycles. The molecule has 0 fully saturated rings. The smallest absolute Gasteiger partial charge is 0.158 e. The first kappa shape index (κ1) is 11.2. The maximum atomic E-state index is 4.39. The third-order valence-corrected chi connectivity index (χ3v) is 3.72. The number of aromatic nitrogens is 3. The summed E-state index contributed by atoms with van der Waals surface area (Å²) in [6.45, 7) is 0.937. The SMILES string of the molecule is c1ccc(-c2nccn2CCc2cccs2)nc1. The molecule has 0 aliphatic heterocycles. The van der Waals surface area contributed by atoms with Crippen LogP contribution in [0.25, 0.3) is 11.5 Å². The van der Waals surface area contributed by atoms with E-state index in [0.717, 1.165) is 24.5 Å². The Morgan fingerprint density at radius 2 is 2.06 bits per heavy atom. The lowest BCUT2D eigenvalue weighted by atomic mass is 10.3. The fraction of sp³-hybridized carbons (Fsp3) is 0.143. The van der Waals surface area contributed by atoms with E-state index in [9.17, 15) is 0 Å². The van der Waals surface area contributed by atoms with Crippen molar-refractivity contribution in [3.63, 3.8) is 0 Å². The Labute approximate surface area is 110 Å². The van der Waals surface area contributed by atoms with E-state index in [1.165, 1.54) is 4.88 Å². The van der Waals surface area contributed by atoms with E-state index in [1.54, 1.807) is 17.5 Å². The van der Waals surface area contributed by atoms with Crippen LogP contribution >= 0.6 is 11.3 Å². The number of imidazole rings is 1. The summed E-state index contributed by atoms with van der Waals surface area (Å²) in [6.07, 6.45) is 6.68. The largest absolute Gasteiger partial charge is 0.329 e. The normalized spacial score (nSPS) is 10.7. The minimum Gasteiger partial charge on any atom is -0.329 e. The van der Waals surface area contributed by atoms with Crippen molar-refractivity contribution in [2.45, 2.75) is 13.0 Å². The Kier molecular flexibility index (Phi) is 3.19. The van der Waals surface area contributed by atoms with Crippen LogP contribution < -0.4 is 0 Å². The van der Waals surface area contributed by atoms with Gasteiger partial charge in [-0.05, 0) is 30.0 Å². The molecule has 4 heteroatoms. The molecular weight excluding hydrogens is 242 g/mol. The Bertz CT molecular complexity index is 599. The third-order valence-electron chi connectivity index (χ3n) is 2.79. The fourth-order valence-corrected chi connectivity index (χ4v) is 2.60. The topological polar surface area (TPSA) is 30.7 Å². The first-order valence-electron chi connectivity index (χ1n) is 5.88. The molecule has 18 heavy (non-hydrogen) atoms. The van der Waals surface area contributed by atoms with Gasteiger partial charge in [-0.25, -0.2) is 4.98 Å². The van der Waals surface area contributed by atoms with Gasteiger partial charge in [0.25, 0.3) is 0 Å². The van der Waals surface area contributed by atoms with E-state index in [-0.39, 0.29) is 0 Å². The molecule has 3 aromatic rings. The zero-order chi connectivity index (χ0) is 12.2. The van der Waals surface area contributed by atoms with E-state index in [4.69, 9.17) is 0 Å². The Morgan fingerprint density at radius 1 is 1.06 bits per heavy atom. The van der Waals surface area contributed by atoms with Crippen LogP contribution in [0.1, 0.15) is 4.88 Å². The van der Waals surface area contributed by atoms with Crippen LogP contribution in [0.15, 0.2) is 54.3 Å². The van der Waals surface area contributed by atoms with Gasteiger partial charge in [0.1, 0.15) is 5.69 Å². The number of hydrogen-bond acceptors (Lipinski definition) is 3. The molecule has 0 amide bonds. The molecule has 0 aromatic carbocycles. The van der Waals surface area contributed by atoms with Crippen LogP contribution in [0.4, 0.5) is 0 Å². The van der Waals surface area contributed by atoms with Crippen LogP contribution in [0, 0.1) is 0 Å². The molecule has 0 bridgehead atoms. The van der Waals surface area contributed by atoms with Crippen LogP contribution in [0.5, 0.6) is 0 Å². The Balaban J connectivity index is 1.80.